The Bertz CT molecular complexity index is 925. The highest BCUT2D eigenvalue weighted by Gasteiger charge is 2.35. The number of hydrogen-bond acceptors (Lipinski definition) is 5. The smallest absolute Gasteiger partial charge is 0.228 e. The molecule has 0 bridgehead atoms. The number of carbonyl (C=O) groups is 1. The molecule has 2 aromatic rings. The highest BCUT2D eigenvalue weighted by atomic mass is 32.1. The van der Waals surface area contributed by atoms with Crippen LogP contribution in [0.4, 0.5) is 5.00 Å². The van der Waals surface area contributed by atoms with E-state index in [4.69, 9.17) is 5.26 Å². The minimum absolute atomic E-state index is 0.00199. The van der Waals surface area contributed by atoms with Gasteiger partial charge < -0.3 is 10.6 Å². The van der Waals surface area contributed by atoms with E-state index in [1.54, 1.807) is 11.3 Å². The number of aromatic nitrogens is 2. The van der Waals surface area contributed by atoms with Crippen LogP contribution in [0.5, 0.6) is 0 Å². The third-order valence-electron chi connectivity index (χ3n) is 6.59. The summed E-state index contributed by atoms with van der Waals surface area (Å²) in [6, 6.07) is 2.89. The molecular formula is C22H27N5OS. The Kier molecular flexibility index (Phi) is 5.04. The highest BCUT2D eigenvalue weighted by molar-refractivity contribution is 7.16. The van der Waals surface area contributed by atoms with Crippen molar-refractivity contribution in [2.24, 2.45) is 5.92 Å². The second kappa shape index (κ2) is 7.83. The Hall–Kier alpha value is -2.33. The van der Waals surface area contributed by atoms with Crippen LogP contribution in [0.3, 0.4) is 0 Å². The van der Waals surface area contributed by atoms with Crippen molar-refractivity contribution in [3.63, 3.8) is 0 Å². The molecule has 1 amide bonds. The quantitative estimate of drug-likeness (QED) is 0.531. The Morgan fingerprint density at radius 2 is 2.00 bits per heavy atom. The van der Waals surface area contributed by atoms with Crippen LogP contribution in [-0.2, 0) is 4.79 Å². The predicted octanol–water partition coefficient (Wildman–Crippen LogP) is 4.78. The molecule has 5 rings (SSSR count). The molecular weight excluding hydrogens is 382 g/mol. The van der Waals surface area contributed by atoms with Gasteiger partial charge in [0, 0.05) is 34.2 Å². The van der Waals surface area contributed by atoms with E-state index in [1.807, 2.05) is 12.4 Å². The fraction of sp³-hybridized carbons (Fsp3) is 0.591. The molecule has 0 atom stereocenters. The molecule has 0 spiro atoms. The Morgan fingerprint density at radius 3 is 2.72 bits per heavy atom. The molecule has 2 heterocycles. The lowest BCUT2D eigenvalue weighted by atomic mass is 9.80. The lowest BCUT2D eigenvalue weighted by molar-refractivity contribution is -0.122. The molecule has 0 saturated heterocycles. The van der Waals surface area contributed by atoms with Crippen LogP contribution in [0.25, 0.3) is 11.1 Å². The van der Waals surface area contributed by atoms with Gasteiger partial charge in [0.25, 0.3) is 0 Å². The van der Waals surface area contributed by atoms with Gasteiger partial charge in [-0.3, -0.25) is 9.48 Å². The van der Waals surface area contributed by atoms with E-state index in [0.717, 1.165) is 17.8 Å². The molecule has 7 heteroatoms. The zero-order valence-electron chi connectivity index (χ0n) is 16.6. The number of nitriles is 1. The van der Waals surface area contributed by atoms with Crippen LogP contribution in [0.1, 0.15) is 74.6 Å². The van der Waals surface area contributed by atoms with E-state index < -0.39 is 0 Å². The summed E-state index contributed by atoms with van der Waals surface area (Å²) in [6.07, 6.45) is 16.5. The van der Waals surface area contributed by atoms with Gasteiger partial charge in [-0.25, -0.2) is 0 Å². The normalized spacial score (nSPS) is 24.5. The van der Waals surface area contributed by atoms with Crippen molar-refractivity contribution >= 4 is 22.2 Å². The average Bonchev–Trinajstić information content (AvgIpc) is 3.28. The predicted molar refractivity (Wildman–Crippen MR) is 114 cm³/mol. The van der Waals surface area contributed by atoms with Crippen LogP contribution in [-0.4, -0.2) is 21.7 Å². The summed E-state index contributed by atoms with van der Waals surface area (Å²) in [7, 11) is 0. The fourth-order valence-corrected chi connectivity index (χ4v) is 5.90. The number of anilines is 1. The van der Waals surface area contributed by atoms with Gasteiger partial charge in [-0.05, 0) is 50.5 Å². The van der Waals surface area contributed by atoms with E-state index >= 15 is 0 Å². The zero-order chi connectivity index (χ0) is 19.8. The van der Waals surface area contributed by atoms with Crippen molar-refractivity contribution in [2.45, 2.75) is 75.8 Å². The molecule has 3 saturated carbocycles. The molecule has 152 valence electrons. The molecule has 3 aliphatic carbocycles. The summed E-state index contributed by atoms with van der Waals surface area (Å²) in [5.74, 6) is 0.673. The summed E-state index contributed by atoms with van der Waals surface area (Å²) < 4.78 is 2.10. The van der Waals surface area contributed by atoms with Crippen LogP contribution in [0, 0.1) is 17.4 Å². The van der Waals surface area contributed by atoms with Crippen molar-refractivity contribution in [1.29, 1.82) is 5.26 Å². The number of thiophene rings is 1. The number of rotatable bonds is 6. The monoisotopic (exact) mass is 409 g/mol. The molecule has 3 aliphatic rings. The van der Waals surface area contributed by atoms with Gasteiger partial charge in [0.15, 0.2) is 6.19 Å². The molecule has 2 N–H and O–H groups in total. The maximum Gasteiger partial charge on any atom is 0.228 e. The first kappa shape index (κ1) is 18.7. The molecule has 0 radical (unpaired) electrons. The van der Waals surface area contributed by atoms with Crippen LogP contribution in [0.2, 0.25) is 0 Å². The van der Waals surface area contributed by atoms with E-state index in [1.165, 1.54) is 60.9 Å². The topological polar surface area (TPSA) is 82.7 Å². The Labute approximate surface area is 175 Å². The van der Waals surface area contributed by atoms with Gasteiger partial charge in [0.1, 0.15) is 0 Å². The third-order valence-corrected chi connectivity index (χ3v) is 7.81. The number of carbonyl (C=O) groups excluding carboxylic acids is 1. The van der Waals surface area contributed by atoms with Crippen LogP contribution < -0.4 is 10.6 Å². The van der Waals surface area contributed by atoms with Gasteiger partial charge in [0.05, 0.1) is 17.2 Å². The van der Waals surface area contributed by atoms with Crippen LogP contribution >= 0.6 is 11.3 Å². The first-order valence-corrected chi connectivity index (χ1v) is 11.7. The van der Waals surface area contributed by atoms with Crippen molar-refractivity contribution in [3.8, 4) is 17.3 Å². The molecule has 0 aliphatic heterocycles. The molecule has 3 fully saturated rings. The molecule has 0 unspecified atom stereocenters. The maximum absolute atomic E-state index is 12.6. The lowest BCUT2D eigenvalue weighted by Crippen LogP contribution is -2.44. The van der Waals surface area contributed by atoms with Crippen LogP contribution in [0.15, 0.2) is 18.5 Å². The number of nitrogens with zero attached hydrogens (tertiary/aromatic N) is 3. The van der Waals surface area contributed by atoms with E-state index in [9.17, 15) is 4.79 Å². The van der Waals surface area contributed by atoms with E-state index in [2.05, 4.69) is 32.7 Å². The van der Waals surface area contributed by atoms with Gasteiger partial charge in [-0.15, -0.1) is 11.3 Å². The number of amides is 1. The number of nitrogens with one attached hydrogen (secondary N) is 2. The lowest BCUT2D eigenvalue weighted by Gasteiger charge is -2.32. The molecule has 29 heavy (non-hydrogen) atoms. The molecule has 0 aromatic carbocycles. The summed E-state index contributed by atoms with van der Waals surface area (Å²) in [5.41, 5.74) is 2.43. The first-order chi connectivity index (χ1) is 14.2. The van der Waals surface area contributed by atoms with Crippen molar-refractivity contribution in [1.82, 2.24) is 15.1 Å². The standard InChI is InChI=1S/C22H27N5OS/c23-13-24-17-8-15(9-17)22(28)26-20-10-19(16-11-25-27(12-16)18-6-7-18)21(29-20)14-4-2-1-3-5-14/h10-12,14-15,17-18,24H,1-9H2,(H,26,28). The Morgan fingerprint density at radius 1 is 1.21 bits per heavy atom. The average molecular weight is 410 g/mol. The summed E-state index contributed by atoms with van der Waals surface area (Å²) >= 11 is 1.75. The second-order valence-corrected chi connectivity index (χ2v) is 9.86. The Balaban J connectivity index is 1.35. The minimum atomic E-state index is 0.00199. The summed E-state index contributed by atoms with van der Waals surface area (Å²) in [6.45, 7) is 0. The summed E-state index contributed by atoms with van der Waals surface area (Å²) in [5, 5.41) is 20.1. The van der Waals surface area contributed by atoms with Crippen molar-refractivity contribution in [3.05, 3.63) is 23.3 Å². The maximum atomic E-state index is 12.6. The van der Waals surface area contributed by atoms with E-state index in [0.29, 0.717) is 12.0 Å². The highest BCUT2D eigenvalue weighted by Crippen LogP contribution is 2.45. The summed E-state index contributed by atoms with van der Waals surface area (Å²) in [4.78, 5) is 14.1. The molecule has 6 nitrogen and oxygen atoms in total. The number of hydrogen-bond donors (Lipinski definition) is 2. The first-order valence-electron chi connectivity index (χ1n) is 10.8. The minimum Gasteiger partial charge on any atom is -0.321 e. The van der Waals surface area contributed by atoms with Gasteiger partial charge in [-0.1, -0.05) is 19.3 Å². The van der Waals surface area contributed by atoms with Crippen molar-refractivity contribution < 1.29 is 4.79 Å². The SMILES string of the molecule is N#CNC1CC(C(=O)Nc2cc(-c3cnn(C4CC4)c3)c(C3CCCCC3)s2)C1. The molecule has 2 aromatic heterocycles. The zero-order valence-corrected chi connectivity index (χ0v) is 17.4. The fourth-order valence-electron chi connectivity index (χ4n) is 4.64. The largest absolute Gasteiger partial charge is 0.321 e. The second-order valence-electron chi connectivity index (χ2n) is 8.77. The third kappa shape index (κ3) is 3.91. The van der Waals surface area contributed by atoms with Gasteiger partial charge in [0.2, 0.25) is 5.91 Å². The van der Waals surface area contributed by atoms with Gasteiger partial charge >= 0.3 is 0 Å². The van der Waals surface area contributed by atoms with Crippen molar-refractivity contribution in [2.75, 3.05) is 5.32 Å². The van der Waals surface area contributed by atoms with Gasteiger partial charge in [-0.2, -0.15) is 10.4 Å². The van der Waals surface area contributed by atoms with E-state index in [-0.39, 0.29) is 17.9 Å².